The summed E-state index contributed by atoms with van der Waals surface area (Å²) in [5.41, 5.74) is 3.07. The Morgan fingerprint density at radius 1 is 1.47 bits per heavy atom. The molecular weight excluding hydrogens is 214 g/mol. The molecule has 1 aromatic rings. The molecule has 0 aliphatic carbocycles. The Labute approximate surface area is 102 Å². The number of ketones is 1. The number of hydrogen-bond donors (Lipinski definition) is 1. The van der Waals surface area contributed by atoms with Gasteiger partial charge in [0, 0.05) is 17.8 Å². The minimum absolute atomic E-state index is 0.0826. The first kappa shape index (κ1) is 12.1. The third-order valence-electron chi connectivity index (χ3n) is 2.94. The van der Waals surface area contributed by atoms with Crippen LogP contribution in [-0.2, 0) is 11.2 Å². The van der Waals surface area contributed by atoms with Crippen molar-refractivity contribution in [3.05, 3.63) is 29.3 Å². The SMILES string of the molecule is CC(C)OCC(=O)c1cccc2c1CCCN2. The fraction of sp³-hybridized carbons (Fsp3) is 0.500. The lowest BCUT2D eigenvalue weighted by molar-refractivity contribution is 0.0584. The van der Waals surface area contributed by atoms with Gasteiger partial charge < -0.3 is 10.1 Å². The van der Waals surface area contributed by atoms with E-state index >= 15 is 0 Å². The summed E-state index contributed by atoms with van der Waals surface area (Å²) in [7, 11) is 0. The van der Waals surface area contributed by atoms with Crippen LogP contribution in [0.1, 0.15) is 36.2 Å². The Bertz CT molecular complexity index is 413. The molecular formula is C14H19NO2. The zero-order valence-corrected chi connectivity index (χ0v) is 10.5. The molecule has 17 heavy (non-hydrogen) atoms. The van der Waals surface area contributed by atoms with Crippen molar-refractivity contribution in [1.82, 2.24) is 0 Å². The molecule has 0 radical (unpaired) electrons. The lowest BCUT2D eigenvalue weighted by Crippen LogP contribution is -2.19. The molecule has 0 saturated carbocycles. The summed E-state index contributed by atoms with van der Waals surface area (Å²) in [6, 6.07) is 5.87. The lowest BCUT2D eigenvalue weighted by Gasteiger charge is -2.20. The lowest BCUT2D eigenvalue weighted by atomic mass is 9.95. The van der Waals surface area contributed by atoms with E-state index in [4.69, 9.17) is 4.74 Å². The van der Waals surface area contributed by atoms with E-state index in [1.165, 1.54) is 0 Å². The number of anilines is 1. The Morgan fingerprint density at radius 2 is 2.29 bits per heavy atom. The van der Waals surface area contributed by atoms with Gasteiger partial charge in [0.1, 0.15) is 6.61 Å². The zero-order chi connectivity index (χ0) is 12.3. The summed E-state index contributed by atoms with van der Waals surface area (Å²) in [5, 5.41) is 3.33. The molecule has 1 heterocycles. The van der Waals surface area contributed by atoms with E-state index in [1.807, 2.05) is 32.0 Å². The van der Waals surface area contributed by atoms with E-state index in [-0.39, 0.29) is 18.5 Å². The van der Waals surface area contributed by atoms with E-state index in [1.54, 1.807) is 0 Å². The van der Waals surface area contributed by atoms with E-state index < -0.39 is 0 Å². The van der Waals surface area contributed by atoms with Crippen LogP contribution in [0.5, 0.6) is 0 Å². The number of rotatable bonds is 4. The van der Waals surface area contributed by atoms with Crippen LogP contribution in [0.15, 0.2) is 18.2 Å². The van der Waals surface area contributed by atoms with Gasteiger partial charge in [-0.25, -0.2) is 0 Å². The number of nitrogens with one attached hydrogen (secondary N) is 1. The van der Waals surface area contributed by atoms with Gasteiger partial charge in [-0.2, -0.15) is 0 Å². The summed E-state index contributed by atoms with van der Waals surface area (Å²) in [6.45, 7) is 5.05. The molecule has 3 nitrogen and oxygen atoms in total. The molecule has 0 spiro atoms. The molecule has 1 aliphatic heterocycles. The van der Waals surface area contributed by atoms with Gasteiger partial charge in [0.15, 0.2) is 5.78 Å². The van der Waals surface area contributed by atoms with Crippen LogP contribution in [0.3, 0.4) is 0 Å². The van der Waals surface area contributed by atoms with E-state index in [2.05, 4.69) is 5.32 Å². The molecule has 92 valence electrons. The normalized spacial score (nSPS) is 14.3. The molecule has 0 fully saturated rings. The molecule has 0 unspecified atom stereocenters. The standard InChI is InChI=1S/C14H19NO2/c1-10(2)17-9-14(16)12-5-3-7-13-11(12)6-4-8-15-13/h3,5,7,10,15H,4,6,8-9H2,1-2H3. The monoisotopic (exact) mass is 233 g/mol. The van der Waals surface area contributed by atoms with Crippen LogP contribution >= 0.6 is 0 Å². The van der Waals surface area contributed by atoms with Crippen LogP contribution in [0.4, 0.5) is 5.69 Å². The molecule has 1 N–H and O–H groups in total. The van der Waals surface area contributed by atoms with Crippen molar-refractivity contribution in [3.8, 4) is 0 Å². The number of fused-ring (bicyclic) bond motifs is 1. The second kappa shape index (κ2) is 5.32. The molecule has 1 aromatic carbocycles. The number of benzene rings is 1. The molecule has 0 aromatic heterocycles. The average molecular weight is 233 g/mol. The van der Waals surface area contributed by atoms with Gasteiger partial charge in [-0.05, 0) is 38.3 Å². The van der Waals surface area contributed by atoms with Crippen LogP contribution in [0.25, 0.3) is 0 Å². The summed E-state index contributed by atoms with van der Waals surface area (Å²) < 4.78 is 5.38. The van der Waals surface area contributed by atoms with Crippen LogP contribution in [0.2, 0.25) is 0 Å². The highest BCUT2D eigenvalue weighted by atomic mass is 16.5. The molecule has 2 rings (SSSR count). The fourth-order valence-corrected chi connectivity index (χ4v) is 2.09. The summed E-state index contributed by atoms with van der Waals surface area (Å²) in [6.07, 6.45) is 2.16. The fourth-order valence-electron chi connectivity index (χ4n) is 2.09. The van der Waals surface area contributed by atoms with Gasteiger partial charge in [0.2, 0.25) is 0 Å². The van der Waals surface area contributed by atoms with E-state index in [0.717, 1.165) is 36.2 Å². The number of carbonyl (C=O) groups is 1. The van der Waals surface area contributed by atoms with Gasteiger partial charge in [-0.15, -0.1) is 0 Å². The van der Waals surface area contributed by atoms with E-state index in [9.17, 15) is 4.79 Å². The number of Topliss-reactive ketones (excluding diaryl/α,β-unsaturated/α-hetero) is 1. The number of hydrogen-bond acceptors (Lipinski definition) is 3. The number of ether oxygens (including phenoxy) is 1. The second-order valence-corrected chi connectivity index (χ2v) is 4.64. The van der Waals surface area contributed by atoms with Crippen molar-refractivity contribution in [3.63, 3.8) is 0 Å². The van der Waals surface area contributed by atoms with E-state index in [0.29, 0.717) is 0 Å². The van der Waals surface area contributed by atoms with Gasteiger partial charge in [-0.3, -0.25) is 4.79 Å². The average Bonchev–Trinajstić information content (AvgIpc) is 2.35. The van der Waals surface area contributed by atoms with Crippen LogP contribution in [-0.4, -0.2) is 25.0 Å². The number of carbonyl (C=O) groups excluding carboxylic acids is 1. The maximum Gasteiger partial charge on any atom is 0.188 e. The van der Waals surface area contributed by atoms with Crippen molar-refractivity contribution in [2.75, 3.05) is 18.5 Å². The smallest absolute Gasteiger partial charge is 0.188 e. The first-order valence-corrected chi connectivity index (χ1v) is 6.19. The van der Waals surface area contributed by atoms with Gasteiger partial charge in [0.25, 0.3) is 0 Å². The van der Waals surface area contributed by atoms with Crippen molar-refractivity contribution in [2.45, 2.75) is 32.8 Å². The highest BCUT2D eigenvalue weighted by Crippen LogP contribution is 2.25. The first-order valence-electron chi connectivity index (χ1n) is 6.19. The topological polar surface area (TPSA) is 38.3 Å². The zero-order valence-electron chi connectivity index (χ0n) is 10.5. The minimum atomic E-state index is 0.0826. The molecule has 1 aliphatic rings. The Hall–Kier alpha value is -1.35. The molecule has 0 saturated heterocycles. The van der Waals surface area contributed by atoms with Crippen LogP contribution in [0, 0.1) is 0 Å². The second-order valence-electron chi connectivity index (χ2n) is 4.64. The van der Waals surface area contributed by atoms with Gasteiger partial charge >= 0.3 is 0 Å². The van der Waals surface area contributed by atoms with Crippen LogP contribution < -0.4 is 5.32 Å². The molecule has 0 atom stereocenters. The summed E-state index contributed by atoms with van der Waals surface area (Å²) in [4.78, 5) is 12.1. The highest BCUT2D eigenvalue weighted by molar-refractivity contribution is 5.99. The predicted octanol–water partition coefficient (Wildman–Crippen LogP) is 2.65. The minimum Gasteiger partial charge on any atom is -0.385 e. The van der Waals surface area contributed by atoms with Crippen molar-refractivity contribution < 1.29 is 9.53 Å². The maximum absolute atomic E-state index is 12.1. The highest BCUT2D eigenvalue weighted by Gasteiger charge is 2.17. The molecule has 0 bridgehead atoms. The first-order chi connectivity index (χ1) is 8.18. The quantitative estimate of drug-likeness (QED) is 0.812. The molecule has 0 amide bonds. The Balaban J connectivity index is 2.17. The summed E-state index contributed by atoms with van der Waals surface area (Å²) in [5.74, 6) is 0.0826. The Kier molecular flexibility index (Phi) is 3.79. The predicted molar refractivity (Wildman–Crippen MR) is 68.7 cm³/mol. The largest absolute Gasteiger partial charge is 0.385 e. The third-order valence-corrected chi connectivity index (χ3v) is 2.94. The maximum atomic E-state index is 12.1. The Morgan fingerprint density at radius 3 is 3.06 bits per heavy atom. The van der Waals surface area contributed by atoms with Gasteiger partial charge in [-0.1, -0.05) is 12.1 Å². The van der Waals surface area contributed by atoms with Gasteiger partial charge in [0.05, 0.1) is 6.10 Å². The van der Waals surface area contributed by atoms with Crippen molar-refractivity contribution in [2.24, 2.45) is 0 Å². The summed E-state index contributed by atoms with van der Waals surface area (Å²) >= 11 is 0. The molecule has 3 heteroatoms. The van der Waals surface area contributed by atoms with Crippen molar-refractivity contribution in [1.29, 1.82) is 0 Å². The third kappa shape index (κ3) is 2.86. The van der Waals surface area contributed by atoms with Crippen molar-refractivity contribution >= 4 is 11.5 Å².